The van der Waals surface area contributed by atoms with Crippen LogP contribution in [0.3, 0.4) is 0 Å². The van der Waals surface area contributed by atoms with Crippen LogP contribution in [-0.4, -0.2) is 46.1 Å². The molecule has 1 aromatic carbocycles. The number of nitrogens with one attached hydrogen (secondary N) is 1. The number of amides is 1. The van der Waals surface area contributed by atoms with E-state index in [1.165, 1.54) is 0 Å². The van der Waals surface area contributed by atoms with Gasteiger partial charge in [0, 0.05) is 13.1 Å². The molecule has 4 nitrogen and oxygen atoms in total. The summed E-state index contributed by atoms with van der Waals surface area (Å²) in [7, 11) is 0. The van der Waals surface area contributed by atoms with Crippen LogP contribution in [0.25, 0.3) is 0 Å². The van der Waals surface area contributed by atoms with E-state index < -0.39 is 9.96 Å². The maximum Gasteiger partial charge on any atom is 0.225 e. The Kier molecular flexibility index (Phi) is 6.57. The second-order valence-corrected chi connectivity index (χ2v) is 8.25. The molecular formula is C16H21Cl3N2O2. The van der Waals surface area contributed by atoms with Crippen molar-refractivity contribution in [2.24, 2.45) is 0 Å². The first-order valence-electron chi connectivity index (χ1n) is 7.55. The van der Waals surface area contributed by atoms with E-state index in [4.69, 9.17) is 39.5 Å². The summed E-state index contributed by atoms with van der Waals surface area (Å²) in [5, 5.41) is 2.85. The predicted molar refractivity (Wildman–Crippen MR) is 93.9 cm³/mol. The van der Waals surface area contributed by atoms with Crippen molar-refractivity contribution in [3.05, 3.63) is 35.9 Å². The number of halogens is 3. The van der Waals surface area contributed by atoms with E-state index in [-0.39, 0.29) is 24.5 Å². The molecule has 1 saturated heterocycles. The summed E-state index contributed by atoms with van der Waals surface area (Å²) in [6.45, 7) is 5.11. The van der Waals surface area contributed by atoms with E-state index in [2.05, 4.69) is 5.32 Å². The Morgan fingerprint density at radius 3 is 2.35 bits per heavy atom. The molecule has 0 spiro atoms. The summed E-state index contributed by atoms with van der Waals surface area (Å²) in [6.07, 6.45) is -0.426. The van der Waals surface area contributed by atoms with Gasteiger partial charge in [-0.1, -0.05) is 65.1 Å². The van der Waals surface area contributed by atoms with Crippen LogP contribution in [0, 0.1) is 0 Å². The lowest BCUT2D eigenvalue weighted by Gasteiger charge is -2.42. The lowest BCUT2D eigenvalue weighted by Crippen LogP contribution is -2.61. The van der Waals surface area contributed by atoms with Crippen LogP contribution in [0.15, 0.2) is 30.3 Å². The van der Waals surface area contributed by atoms with Gasteiger partial charge in [-0.15, -0.1) is 0 Å². The Morgan fingerprint density at radius 2 is 1.83 bits per heavy atom. The molecule has 2 rings (SSSR count). The second kappa shape index (κ2) is 8.04. The predicted octanol–water partition coefficient (Wildman–Crippen LogP) is 3.15. The fraction of sp³-hybridized carbons (Fsp3) is 0.562. The van der Waals surface area contributed by atoms with Gasteiger partial charge in [0.05, 0.1) is 18.6 Å². The van der Waals surface area contributed by atoms with E-state index in [1.54, 1.807) is 0 Å². The van der Waals surface area contributed by atoms with E-state index in [1.807, 2.05) is 49.1 Å². The van der Waals surface area contributed by atoms with Crippen molar-refractivity contribution in [3.8, 4) is 0 Å². The van der Waals surface area contributed by atoms with Crippen molar-refractivity contribution < 1.29 is 9.53 Å². The minimum absolute atomic E-state index is 0.0135. The van der Waals surface area contributed by atoms with Crippen molar-refractivity contribution in [3.63, 3.8) is 0 Å². The molecule has 1 heterocycles. The highest BCUT2D eigenvalue weighted by Crippen LogP contribution is 2.33. The third-order valence-electron chi connectivity index (χ3n) is 3.63. The van der Waals surface area contributed by atoms with Gasteiger partial charge in [-0.3, -0.25) is 9.69 Å². The Labute approximate surface area is 152 Å². The fourth-order valence-corrected chi connectivity index (χ4v) is 3.37. The minimum atomic E-state index is -1.62. The summed E-state index contributed by atoms with van der Waals surface area (Å²) in [4.78, 5) is 14.3. The van der Waals surface area contributed by atoms with E-state index in [0.29, 0.717) is 13.1 Å². The Hall–Kier alpha value is -0.520. The van der Waals surface area contributed by atoms with Crippen LogP contribution >= 0.6 is 34.8 Å². The zero-order valence-electron chi connectivity index (χ0n) is 13.1. The van der Waals surface area contributed by atoms with Gasteiger partial charge in [0.2, 0.25) is 9.70 Å². The quantitative estimate of drug-likeness (QED) is 0.817. The summed E-state index contributed by atoms with van der Waals surface area (Å²) in [5.41, 5.74) is 0.914. The molecule has 23 heavy (non-hydrogen) atoms. The lowest BCUT2D eigenvalue weighted by atomic mass is 10.1. The van der Waals surface area contributed by atoms with Crippen LogP contribution in [0.1, 0.15) is 19.4 Å². The number of carbonyl (C=O) groups is 1. The average molecular weight is 380 g/mol. The number of rotatable bonds is 4. The first kappa shape index (κ1) is 18.8. The highest BCUT2D eigenvalue weighted by molar-refractivity contribution is 6.68. The second-order valence-electron chi connectivity index (χ2n) is 5.89. The van der Waals surface area contributed by atoms with Gasteiger partial charge in [0.25, 0.3) is 0 Å². The van der Waals surface area contributed by atoms with Gasteiger partial charge < -0.3 is 10.1 Å². The fourth-order valence-electron chi connectivity index (χ4n) is 2.79. The highest BCUT2D eigenvalue weighted by Gasteiger charge is 2.41. The summed E-state index contributed by atoms with van der Waals surface area (Å²) < 4.78 is 4.07. The van der Waals surface area contributed by atoms with Crippen molar-refractivity contribution in [2.75, 3.05) is 13.1 Å². The standard InChI is InChI=1S/C16H21Cl3N2O2/c1-11-9-21(10-12(2)23-11)15(16(17,18)19)20-14(22)8-13-6-4-3-5-7-13/h3-7,11-12,15H,8-10H2,1-2H3,(H,20,22)/t11-,12-,15-/m1/s1. The zero-order valence-corrected chi connectivity index (χ0v) is 15.4. The monoisotopic (exact) mass is 378 g/mol. The first-order chi connectivity index (χ1) is 10.8. The van der Waals surface area contributed by atoms with Crippen LogP contribution in [0.2, 0.25) is 0 Å². The van der Waals surface area contributed by atoms with Gasteiger partial charge in [-0.2, -0.15) is 0 Å². The molecule has 1 N–H and O–H groups in total. The average Bonchev–Trinajstić information content (AvgIpc) is 2.43. The number of benzene rings is 1. The SMILES string of the molecule is C[C@@H]1CN([C@@H](NC(=O)Cc2ccccc2)C(Cl)(Cl)Cl)C[C@@H](C)O1. The lowest BCUT2D eigenvalue weighted by molar-refractivity contribution is -0.125. The maximum absolute atomic E-state index is 12.3. The molecule has 3 atom stereocenters. The zero-order chi connectivity index (χ0) is 17.0. The first-order valence-corrected chi connectivity index (χ1v) is 8.68. The molecule has 7 heteroatoms. The summed E-state index contributed by atoms with van der Waals surface area (Å²) in [5.74, 6) is -0.181. The topological polar surface area (TPSA) is 41.6 Å². The third kappa shape index (κ3) is 5.80. The smallest absolute Gasteiger partial charge is 0.225 e. The van der Waals surface area contributed by atoms with Crippen LogP contribution in [-0.2, 0) is 16.0 Å². The Balaban J connectivity index is 2.05. The van der Waals surface area contributed by atoms with Crippen LogP contribution < -0.4 is 5.32 Å². The van der Waals surface area contributed by atoms with Gasteiger partial charge in [-0.25, -0.2) is 0 Å². The van der Waals surface area contributed by atoms with Gasteiger partial charge in [0.1, 0.15) is 6.17 Å². The Morgan fingerprint density at radius 1 is 1.26 bits per heavy atom. The number of hydrogen-bond acceptors (Lipinski definition) is 3. The molecular weight excluding hydrogens is 359 g/mol. The molecule has 1 amide bonds. The van der Waals surface area contributed by atoms with Crippen molar-refractivity contribution in [1.29, 1.82) is 0 Å². The molecule has 1 aliphatic heterocycles. The number of hydrogen-bond donors (Lipinski definition) is 1. The van der Waals surface area contributed by atoms with Crippen LogP contribution in [0.4, 0.5) is 0 Å². The van der Waals surface area contributed by atoms with Crippen molar-refractivity contribution in [1.82, 2.24) is 10.2 Å². The van der Waals surface area contributed by atoms with E-state index >= 15 is 0 Å². The Bertz CT molecular complexity index is 512. The normalized spacial score (nSPS) is 24.2. The summed E-state index contributed by atoms with van der Waals surface area (Å²) in [6, 6.07) is 9.47. The number of alkyl halides is 3. The molecule has 0 bridgehead atoms. The molecule has 0 aliphatic carbocycles. The maximum atomic E-state index is 12.3. The highest BCUT2D eigenvalue weighted by atomic mass is 35.6. The van der Waals surface area contributed by atoms with Crippen molar-refractivity contribution >= 4 is 40.7 Å². The number of carbonyl (C=O) groups excluding carboxylic acids is 1. The van der Waals surface area contributed by atoms with E-state index in [9.17, 15) is 4.79 Å². The van der Waals surface area contributed by atoms with Gasteiger partial charge in [0.15, 0.2) is 0 Å². The van der Waals surface area contributed by atoms with Gasteiger partial charge >= 0.3 is 0 Å². The number of morpholine rings is 1. The third-order valence-corrected chi connectivity index (χ3v) is 4.25. The molecule has 1 aliphatic rings. The summed E-state index contributed by atoms with van der Waals surface area (Å²) >= 11 is 18.3. The number of ether oxygens (including phenoxy) is 1. The molecule has 1 fully saturated rings. The minimum Gasteiger partial charge on any atom is -0.373 e. The molecule has 128 valence electrons. The molecule has 0 unspecified atom stereocenters. The molecule has 0 saturated carbocycles. The van der Waals surface area contributed by atoms with E-state index in [0.717, 1.165) is 5.56 Å². The number of nitrogens with zero attached hydrogens (tertiary/aromatic N) is 1. The van der Waals surface area contributed by atoms with Gasteiger partial charge in [-0.05, 0) is 19.4 Å². The molecule has 0 aromatic heterocycles. The largest absolute Gasteiger partial charge is 0.373 e. The molecule has 1 aromatic rings. The van der Waals surface area contributed by atoms with Crippen LogP contribution in [0.5, 0.6) is 0 Å². The van der Waals surface area contributed by atoms with Crippen molar-refractivity contribution in [2.45, 2.75) is 42.4 Å². The molecule has 0 radical (unpaired) electrons.